The van der Waals surface area contributed by atoms with E-state index in [0.29, 0.717) is 5.69 Å². The lowest BCUT2D eigenvalue weighted by atomic mass is 10.1. The summed E-state index contributed by atoms with van der Waals surface area (Å²) < 4.78 is 0. The van der Waals surface area contributed by atoms with E-state index in [1.165, 1.54) is 0 Å². The van der Waals surface area contributed by atoms with Crippen molar-refractivity contribution in [2.45, 2.75) is 19.3 Å². The van der Waals surface area contributed by atoms with Crippen LogP contribution in [0.2, 0.25) is 0 Å². The van der Waals surface area contributed by atoms with Crippen molar-refractivity contribution in [2.24, 2.45) is 0 Å². The summed E-state index contributed by atoms with van der Waals surface area (Å²) in [6, 6.07) is 13.3. The normalized spacial score (nSPS) is 10.3. The molecule has 6 heteroatoms. The first-order valence-electron chi connectivity index (χ1n) is 7.32. The van der Waals surface area contributed by atoms with Gasteiger partial charge < -0.3 is 15.7 Å². The van der Waals surface area contributed by atoms with Crippen molar-refractivity contribution in [3.05, 3.63) is 42.5 Å². The molecule has 6 nitrogen and oxygen atoms in total. The first-order chi connectivity index (χ1) is 11.1. The molecule has 2 rings (SSSR count). The second kappa shape index (κ2) is 7.93. The maximum atomic E-state index is 12.0. The molecule has 0 aromatic heterocycles. The number of carboxylic acid groups (broad SMARTS) is 1. The number of rotatable bonds is 7. The molecule has 3 N–H and O–H groups in total. The van der Waals surface area contributed by atoms with Crippen LogP contribution in [0.3, 0.4) is 0 Å². The SMILES string of the molecule is O=C(O)CCNC(=O)CCC(=O)Nc1cccc2ccccc12. The van der Waals surface area contributed by atoms with Crippen LogP contribution in [-0.4, -0.2) is 29.4 Å². The fourth-order valence-corrected chi connectivity index (χ4v) is 2.17. The molecule has 0 atom stereocenters. The molecule has 0 unspecified atom stereocenters. The van der Waals surface area contributed by atoms with E-state index >= 15 is 0 Å². The lowest BCUT2D eigenvalue weighted by Gasteiger charge is -2.09. The second-order valence-electron chi connectivity index (χ2n) is 5.07. The van der Waals surface area contributed by atoms with Crippen LogP contribution in [0.4, 0.5) is 5.69 Å². The number of nitrogens with one attached hydrogen (secondary N) is 2. The van der Waals surface area contributed by atoms with Crippen molar-refractivity contribution in [1.29, 1.82) is 0 Å². The van der Waals surface area contributed by atoms with Crippen molar-refractivity contribution < 1.29 is 19.5 Å². The molecule has 0 saturated heterocycles. The number of amides is 2. The standard InChI is InChI=1S/C17H18N2O4/c20-15(18-11-10-17(22)23)8-9-16(21)19-14-7-3-5-12-4-1-2-6-13(12)14/h1-7H,8-11H2,(H,18,20)(H,19,21)(H,22,23). The average molecular weight is 314 g/mol. The number of benzene rings is 2. The summed E-state index contributed by atoms with van der Waals surface area (Å²) in [5.74, 6) is -1.56. The Kier molecular flexibility index (Phi) is 5.68. The smallest absolute Gasteiger partial charge is 0.305 e. The van der Waals surface area contributed by atoms with Crippen LogP contribution in [0.5, 0.6) is 0 Å². The summed E-state index contributed by atoms with van der Waals surface area (Å²) in [5, 5.41) is 15.7. The molecule has 120 valence electrons. The molecule has 0 heterocycles. The van der Waals surface area contributed by atoms with E-state index in [9.17, 15) is 14.4 Å². The third-order valence-electron chi connectivity index (χ3n) is 3.30. The van der Waals surface area contributed by atoms with E-state index in [1.807, 2.05) is 42.5 Å². The van der Waals surface area contributed by atoms with E-state index in [4.69, 9.17) is 5.11 Å². The van der Waals surface area contributed by atoms with Gasteiger partial charge in [0.25, 0.3) is 0 Å². The van der Waals surface area contributed by atoms with E-state index in [0.717, 1.165) is 10.8 Å². The summed E-state index contributed by atoms with van der Waals surface area (Å²) in [6.45, 7) is 0.0686. The van der Waals surface area contributed by atoms with Crippen molar-refractivity contribution >= 4 is 34.2 Å². The molecule has 0 saturated carbocycles. The highest BCUT2D eigenvalue weighted by atomic mass is 16.4. The van der Waals surface area contributed by atoms with Gasteiger partial charge in [-0.1, -0.05) is 36.4 Å². The van der Waals surface area contributed by atoms with E-state index < -0.39 is 5.97 Å². The quantitative estimate of drug-likeness (QED) is 0.729. The topological polar surface area (TPSA) is 95.5 Å². The Morgan fingerprint density at radius 1 is 0.870 bits per heavy atom. The highest BCUT2D eigenvalue weighted by molar-refractivity contribution is 6.02. The molecule has 0 spiro atoms. The van der Waals surface area contributed by atoms with Gasteiger partial charge in [0.1, 0.15) is 0 Å². The van der Waals surface area contributed by atoms with Gasteiger partial charge in [-0.25, -0.2) is 0 Å². The van der Waals surface area contributed by atoms with Crippen LogP contribution in [-0.2, 0) is 14.4 Å². The number of carboxylic acids is 1. The summed E-state index contributed by atoms with van der Waals surface area (Å²) in [7, 11) is 0. The largest absolute Gasteiger partial charge is 0.481 e. The highest BCUT2D eigenvalue weighted by Crippen LogP contribution is 2.23. The van der Waals surface area contributed by atoms with Gasteiger partial charge in [0.2, 0.25) is 11.8 Å². The molecule has 2 aromatic carbocycles. The molecule has 0 aliphatic rings. The summed E-state index contributed by atoms with van der Waals surface area (Å²) in [6.07, 6.45) is -0.0632. The Hall–Kier alpha value is -2.89. The molecule has 0 fully saturated rings. The second-order valence-corrected chi connectivity index (χ2v) is 5.07. The predicted octanol–water partition coefficient (Wildman–Crippen LogP) is 2.15. The number of carbonyl (C=O) groups is 3. The zero-order valence-electron chi connectivity index (χ0n) is 12.5. The van der Waals surface area contributed by atoms with Crippen LogP contribution in [0.1, 0.15) is 19.3 Å². The molecular formula is C17H18N2O4. The van der Waals surface area contributed by atoms with Gasteiger partial charge in [0, 0.05) is 30.5 Å². The lowest BCUT2D eigenvalue weighted by Crippen LogP contribution is -2.27. The summed E-state index contributed by atoms with van der Waals surface area (Å²) >= 11 is 0. The molecule has 0 bridgehead atoms. The van der Waals surface area contributed by atoms with Gasteiger partial charge in [-0.3, -0.25) is 14.4 Å². The van der Waals surface area contributed by atoms with E-state index in [2.05, 4.69) is 10.6 Å². The third-order valence-corrected chi connectivity index (χ3v) is 3.30. The first-order valence-corrected chi connectivity index (χ1v) is 7.32. The van der Waals surface area contributed by atoms with Crippen molar-refractivity contribution in [2.75, 3.05) is 11.9 Å². The van der Waals surface area contributed by atoms with Gasteiger partial charge in [-0.2, -0.15) is 0 Å². The van der Waals surface area contributed by atoms with Gasteiger partial charge in [0.05, 0.1) is 6.42 Å². The fourth-order valence-electron chi connectivity index (χ4n) is 2.17. The van der Waals surface area contributed by atoms with Crippen molar-refractivity contribution in [3.8, 4) is 0 Å². The Labute approximate surface area is 133 Å². The minimum atomic E-state index is -0.973. The molecule has 0 radical (unpaired) electrons. The van der Waals surface area contributed by atoms with Crippen molar-refractivity contribution in [1.82, 2.24) is 5.32 Å². The van der Waals surface area contributed by atoms with E-state index in [1.54, 1.807) is 0 Å². The number of aliphatic carboxylic acids is 1. The molecule has 0 aliphatic carbocycles. The fraction of sp³-hybridized carbons (Fsp3) is 0.235. The van der Waals surface area contributed by atoms with Gasteiger partial charge in [-0.05, 0) is 11.5 Å². The third kappa shape index (κ3) is 5.10. The molecule has 2 amide bonds. The summed E-state index contributed by atoms with van der Waals surface area (Å²) in [5.41, 5.74) is 0.708. The Morgan fingerprint density at radius 2 is 1.57 bits per heavy atom. The Balaban J connectivity index is 1.85. The number of carbonyl (C=O) groups excluding carboxylic acids is 2. The predicted molar refractivity (Wildman–Crippen MR) is 87.1 cm³/mol. The molecule has 0 aliphatic heterocycles. The van der Waals surface area contributed by atoms with Crippen LogP contribution in [0.15, 0.2) is 42.5 Å². The average Bonchev–Trinajstić information content (AvgIpc) is 2.53. The van der Waals surface area contributed by atoms with E-state index in [-0.39, 0.29) is 37.6 Å². The van der Waals surface area contributed by atoms with Gasteiger partial charge >= 0.3 is 5.97 Å². The monoisotopic (exact) mass is 314 g/mol. The number of hydrogen-bond acceptors (Lipinski definition) is 3. The van der Waals surface area contributed by atoms with Gasteiger partial charge in [0.15, 0.2) is 0 Å². The maximum absolute atomic E-state index is 12.0. The minimum absolute atomic E-state index is 0.0240. The molecular weight excluding hydrogens is 296 g/mol. The molecule has 2 aromatic rings. The highest BCUT2D eigenvalue weighted by Gasteiger charge is 2.09. The van der Waals surface area contributed by atoms with Crippen LogP contribution in [0, 0.1) is 0 Å². The first kappa shape index (κ1) is 16.5. The van der Waals surface area contributed by atoms with Crippen LogP contribution >= 0.6 is 0 Å². The van der Waals surface area contributed by atoms with Crippen molar-refractivity contribution in [3.63, 3.8) is 0 Å². The Morgan fingerprint density at radius 3 is 2.35 bits per heavy atom. The maximum Gasteiger partial charge on any atom is 0.305 e. The molecule has 23 heavy (non-hydrogen) atoms. The Bertz CT molecular complexity index is 722. The number of anilines is 1. The minimum Gasteiger partial charge on any atom is -0.481 e. The van der Waals surface area contributed by atoms with Gasteiger partial charge in [-0.15, -0.1) is 0 Å². The summed E-state index contributed by atoms with van der Waals surface area (Å²) in [4.78, 5) is 33.8. The van der Waals surface area contributed by atoms with Crippen LogP contribution in [0.25, 0.3) is 10.8 Å². The van der Waals surface area contributed by atoms with Crippen LogP contribution < -0.4 is 10.6 Å². The lowest BCUT2D eigenvalue weighted by molar-refractivity contribution is -0.137. The zero-order chi connectivity index (χ0) is 16.7. The number of hydrogen-bond donors (Lipinski definition) is 3. The zero-order valence-corrected chi connectivity index (χ0v) is 12.5. The number of fused-ring (bicyclic) bond motifs is 1.